The van der Waals surface area contributed by atoms with Gasteiger partial charge in [-0.3, -0.25) is 4.79 Å². The minimum atomic E-state index is 0. The molecule has 2 N–H and O–H groups in total. The first-order valence-corrected chi connectivity index (χ1v) is 8.45. The van der Waals surface area contributed by atoms with Gasteiger partial charge in [-0.2, -0.15) is 0 Å². The molecule has 116 valence electrons. The summed E-state index contributed by atoms with van der Waals surface area (Å²) in [7, 11) is 0. The average molecular weight is 347 g/mol. The van der Waals surface area contributed by atoms with Crippen molar-refractivity contribution in [2.45, 2.75) is 24.3 Å². The Labute approximate surface area is 141 Å². The molecule has 6 heteroatoms. The lowest BCUT2D eigenvalue weighted by atomic mass is 9.88. The summed E-state index contributed by atoms with van der Waals surface area (Å²) in [4.78, 5) is 13.6. The number of halogens is 2. The van der Waals surface area contributed by atoms with Crippen LogP contribution < -0.4 is 10.6 Å². The maximum atomic E-state index is 12.4. The first-order valence-electron chi connectivity index (χ1n) is 7.08. The lowest BCUT2D eigenvalue weighted by Crippen LogP contribution is -2.50. The summed E-state index contributed by atoms with van der Waals surface area (Å²) >= 11 is 7.93. The van der Waals surface area contributed by atoms with Gasteiger partial charge in [0, 0.05) is 21.6 Å². The van der Waals surface area contributed by atoms with Gasteiger partial charge >= 0.3 is 0 Å². The summed E-state index contributed by atoms with van der Waals surface area (Å²) in [6.07, 6.45) is 0.972. The molecular weight excluding hydrogens is 327 g/mol. The topological polar surface area (TPSA) is 41.1 Å². The molecule has 0 radical (unpaired) electrons. The van der Waals surface area contributed by atoms with E-state index in [1.807, 2.05) is 30.8 Å². The zero-order valence-electron chi connectivity index (χ0n) is 11.9. The van der Waals surface area contributed by atoms with Crippen molar-refractivity contribution in [3.63, 3.8) is 0 Å². The minimum absolute atomic E-state index is 0. The number of thioether (sulfide) groups is 1. The third kappa shape index (κ3) is 3.67. The fraction of sp³-hybridized carbons (Fsp3) is 0.533. The Kier molecular flexibility index (Phi) is 5.83. The Morgan fingerprint density at radius 1 is 1.48 bits per heavy atom. The molecule has 0 bridgehead atoms. The summed E-state index contributed by atoms with van der Waals surface area (Å²) in [5, 5.41) is 7.17. The van der Waals surface area contributed by atoms with E-state index < -0.39 is 0 Å². The van der Waals surface area contributed by atoms with Crippen LogP contribution in [0.1, 0.15) is 24.9 Å². The van der Waals surface area contributed by atoms with Crippen LogP contribution in [0.2, 0.25) is 5.02 Å². The van der Waals surface area contributed by atoms with E-state index in [9.17, 15) is 4.79 Å². The van der Waals surface area contributed by atoms with Crippen molar-refractivity contribution >= 4 is 41.7 Å². The van der Waals surface area contributed by atoms with Crippen LogP contribution in [0.5, 0.6) is 0 Å². The molecule has 1 saturated heterocycles. The summed E-state index contributed by atoms with van der Waals surface area (Å²) in [5.41, 5.74) is 1.17. The molecule has 2 aliphatic heterocycles. The van der Waals surface area contributed by atoms with E-state index in [4.69, 9.17) is 11.6 Å². The zero-order chi connectivity index (χ0) is 14.1. The maximum absolute atomic E-state index is 12.4. The number of amides is 1. The number of hydrogen-bond acceptors (Lipinski definition) is 3. The molecule has 0 spiro atoms. The van der Waals surface area contributed by atoms with E-state index in [2.05, 4.69) is 16.7 Å². The van der Waals surface area contributed by atoms with Gasteiger partial charge in [-0.15, -0.1) is 24.2 Å². The summed E-state index contributed by atoms with van der Waals surface area (Å²) in [6, 6.07) is 6.07. The van der Waals surface area contributed by atoms with Crippen LogP contribution in [-0.4, -0.2) is 24.7 Å². The van der Waals surface area contributed by atoms with E-state index in [1.165, 1.54) is 10.5 Å². The van der Waals surface area contributed by atoms with Crippen molar-refractivity contribution in [1.82, 2.24) is 10.6 Å². The van der Waals surface area contributed by atoms with Gasteiger partial charge in [0.15, 0.2) is 0 Å². The minimum Gasteiger partial charge on any atom is -0.349 e. The lowest BCUT2D eigenvalue weighted by molar-refractivity contribution is -0.127. The van der Waals surface area contributed by atoms with Crippen LogP contribution in [-0.2, 0) is 4.79 Å². The predicted molar refractivity (Wildman–Crippen MR) is 90.4 cm³/mol. The van der Waals surface area contributed by atoms with Gasteiger partial charge in [0.2, 0.25) is 5.91 Å². The van der Waals surface area contributed by atoms with E-state index in [-0.39, 0.29) is 30.3 Å². The molecule has 0 aromatic heterocycles. The molecule has 1 amide bonds. The normalized spacial score (nSPS) is 22.5. The van der Waals surface area contributed by atoms with Gasteiger partial charge in [0.05, 0.1) is 6.04 Å². The van der Waals surface area contributed by atoms with Crippen molar-refractivity contribution in [1.29, 1.82) is 0 Å². The number of carbonyl (C=O) groups excluding carboxylic acids is 1. The molecule has 2 heterocycles. The van der Waals surface area contributed by atoms with Crippen molar-refractivity contribution in [3.8, 4) is 0 Å². The van der Waals surface area contributed by atoms with Gasteiger partial charge < -0.3 is 10.6 Å². The van der Waals surface area contributed by atoms with Crippen LogP contribution in [0, 0.1) is 11.8 Å². The molecule has 0 saturated carbocycles. The van der Waals surface area contributed by atoms with Crippen LogP contribution in [0.3, 0.4) is 0 Å². The molecule has 0 aliphatic carbocycles. The standard InChI is InChI=1S/C15H19ClN2OS.ClH/c1-9(10-7-17-8-10)15(19)18-13-4-5-20-14-3-2-11(16)6-12(13)14;/h2-3,6,9-10,13,17H,4-5,7-8H2,1H3,(H,18,19);1H. The van der Waals surface area contributed by atoms with Gasteiger partial charge in [-0.05, 0) is 49.2 Å². The average Bonchev–Trinajstić information content (AvgIpc) is 2.37. The molecule has 1 fully saturated rings. The van der Waals surface area contributed by atoms with E-state index in [1.54, 1.807) is 0 Å². The SMILES string of the molecule is CC(C(=O)NC1CCSc2ccc(Cl)cc21)C1CNC1.Cl. The van der Waals surface area contributed by atoms with Gasteiger partial charge in [0.1, 0.15) is 0 Å². The number of carbonyl (C=O) groups is 1. The Hall–Kier alpha value is -0.420. The molecule has 3 nitrogen and oxygen atoms in total. The largest absolute Gasteiger partial charge is 0.349 e. The summed E-state index contributed by atoms with van der Waals surface area (Å²) < 4.78 is 0. The van der Waals surface area contributed by atoms with Crippen LogP contribution in [0.25, 0.3) is 0 Å². The van der Waals surface area contributed by atoms with E-state index in [0.717, 1.165) is 30.3 Å². The van der Waals surface area contributed by atoms with Gasteiger partial charge in [-0.1, -0.05) is 18.5 Å². The first kappa shape index (κ1) is 16.9. The highest BCUT2D eigenvalue weighted by Crippen LogP contribution is 2.37. The van der Waals surface area contributed by atoms with Gasteiger partial charge in [-0.25, -0.2) is 0 Å². The van der Waals surface area contributed by atoms with Crippen molar-refractivity contribution in [2.75, 3.05) is 18.8 Å². The fourth-order valence-electron chi connectivity index (χ4n) is 2.70. The summed E-state index contributed by atoms with van der Waals surface area (Å²) in [5.74, 6) is 1.76. The first-order chi connectivity index (χ1) is 9.65. The Morgan fingerprint density at radius 3 is 2.90 bits per heavy atom. The number of nitrogens with one attached hydrogen (secondary N) is 2. The highest BCUT2D eigenvalue weighted by Gasteiger charge is 2.31. The lowest BCUT2D eigenvalue weighted by Gasteiger charge is -2.33. The number of rotatable bonds is 3. The third-order valence-electron chi connectivity index (χ3n) is 4.26. The number of benzene rings is 1. The van der Waals surface area contributed by atoms with Gasteiger partial charge in [0.25, 0.3) is 0 Å². The molecular formula is C15H20Cl2N2OS. The molecule has 2 unspecified atom stereocenters. The van der Waals surface area contributed by atoms with E-state index in [0.29, 0.717) is 5.92 Å². The number of hydrogen-bond donors (Lipinski definition) is 2. The van der Waals surface area contributed by atoms with Crippen LogP contribution in [0.15, 0.2) is 23.1 Å². The molecule has 3 rings (SSSR count). The second kappa shape index (κ2) is 7.23. The Bertz CT molecular complexity index is 522. The highest BCUT2D eigenvalue weighted by atomic mass is 35.5. The Balaban J connectivity index is 0.00000161. The van der Waals surface area contributed by atoms with Crippen molar-refractivity contribution in [2.24, 2.45) is 11.8 Å². The molecule has 1 aromatic carbocycles. The second-order valence-electron chi connectivity index (χ2n) is 5.59. The highest BCUT2D eigenvalue weighted by molar-refractivity contribution is 7.99. The summed E-state index contributed by atoms with van der Waals surface area (Å²) in [6.45, 7) is 3.94. The number of fused-ring (bicyclic) bond motifs is 1. The third-order valence-corrected chi connectivity index (χ3v) is 5.62. The maximum Gasteiger partial charge on any atom is 0.223 e. The molecule has 1 aromatic rings. The molecule has 2 atom stereocenters. The quantitative estimate of drug-likeness (QED) is 0.882. The van der Waals surface area contributed by atoms with Crippen LogP contribution >= 0.6 is 35.8 Å². The second-order valence-corrected chi connectivity index (χ2v) is 7.16. The molecule has 21 heavy (non-hydrogen) atoms. The van der Waals surface area contributed by atoms with Crippen LogP contribution in [0.4, 0.5) is 0 Å². The van der Waals surface area contributed by atoms with Crippen molar-refractivity contribution in [3.05, 3.63) is 28.8 Å². The molecule has 2 aliphatic rings. The van der Waals surface area contributed by atoms with E-state index >= 15 is 0 Å². The predicted octanol–water partition coefficient (Wildman–Crippen LogP) is 3.27. The van der Waals surface area contributed by atoms with Crippen molar-refractivity contribution < 1.29 is 4.79 Å². The smallest absolute Gasteiger partial charge is 0.223 e. The monoisotopic (exact) mass is 346 g/mol. The fourth-order valence-corrected chi connectivity index (χ4v) is 3.98. The Morgan fingerprint density at radius 2 is 2.24 bits per heavy atom. The zero-order valence-corrected chi connectivity index (χ0v) is 14.3.